The van der Waals surface area contributed by atoms with E-state index in [1.807, 2.05) is 0 Å². The fourth-order valence-electron chi connectivity index (χ4n) is 3.89. The Balaban J connectivity index is 1.60. The standard InChI is InChI=1S/C23H38N2O2/c1-4-24(19-20(2)21-12-14-22(27-3)15-13-21)16-8-5-6-9-17-25-18-10-7-11-23(25)26/h12-15,20H,4-11,16-19H2,1-3H3. The number of amides is 1. The Hall–Kier alpha value is -1.55. The van der Waals surface area contributed by atoms with Gasteiger partial charge in [0.2, 0.25) is 5.91 Å². The van der Waals surface area contributed by atoms with Crippen molar-refractivity contribution >= 4 is 5.91 Å². The maximum atomic E-state index is 11.8. The number of benzene rings is 1. The third-order valence-corrected chi connectivity index (χ3v) is 5.74. The van der Waals surface area contributed by atoms with Crippen LogP contribution in [0.3, 0.4) is 0 Å². The molecule has 27 heavy (non-hydrogen) atoms. The van der Waals surface area contributed by atoms with Crippen molar-refractivity contribution in [2.75, 3.05) is 39.8 Å². The van der Waals surface area contributed by atoms with Crippen LogP contribution in [0.1, 0.15) is 70.3 Å². The zero-order chi connectivity index (χ0) is 19.5. The van der Waals surface area contributed by atoms with E-state index < -0.39 is 0 Å². The van der Waals surface area contributed by atoms with Gasteiger partial charge in [0, 0.05) is 26.1 Å². The van der Waals surface area contributed by atoms with Crippen molar-refractivity contribution in [2.45, 2.75) is 64.7 Å². The summed E-state index contributed by atoms with van der Waals surface area (Å²) >= 11 is 0. The van der Waals surface area contributed by atoms with Gasteiger partial charge in [0.25, 0.3) is 0 Å². The predicted octanol–water partition coefficient (Wildman–Crippen LogP) is 4.69. The molecule has 152 valence electrons. The number of likely N-dealkylation sites (N-methyl/N-ethyl adjacent to an activating group) is 1. The maximum absolute atomic E-state index is 11.8. The summed E-state index contributed by atoms with van der Waals surface area (Å²) in [7, 11) is 1.71. The molecule has 0 saturated carbocycles. The summed E-state index contributed by atoms with van der Waals surface area (Å²) in [5.74, 6) is 1.82. The van der Waals surface area contributed by atoms with Crippen molar-refractivity contribution < 1.29 is 9.53 Å². The lowest BCUT2D eigenvalue weighted by atomic mass is 10.0. The Morgan fingerprint density at radius 3 is 2.52 bits per heavy atom. The number of unbranched alkanes of at least 4 members (excludes halogenated alkanes) is 3. The second-order valence-corrected chi connectivity index (χ2v) is 7.82. The topological polar surface area (TPSA) is 32.8 Å². The van der Waals surface area contributed by atoms with E-state index in [2.05, 4.69) is 47.9 Å². The van der Waals surface area contributed by atoms with Gasteiger partial charge in [-0.1, -0.05) is 38.8 Å². The second-order valence-electron chi connectivity index (χ2n) is 7.82. The van der Waals surface area contributed by atoms with Gasteiger partial charge in [-0.15, -0.1) is 0 Å². The molecule has 0 radical (unpaired) electrons. The summed E-state index contributed by atoms with van der Waals surface area (Å²) in [6.45, 7) is 9.87. The minimum absolute atomic E-state index is 0.367. The minimum Gasteiger partial charge on any atom is -0.497 e. The molecule has 1 amide bonds. The Bertz CT molecular complexity index is 544. The number of methoxy groups -OCH3 is 1. The summed E-state index contributed by atoms with van der Waals surface area (Å²) < 4.78 is 5.25. The Morgan fingerprint density at radius 2 is 1.85 bits per heavy atom. The average Bonchev–Trinajstić information content (AvgIpc) is 2.70. The van der Waals surface area contributed by atoms with Gasteiger partial charge in [0.15, 0.2) is 0 Å². The highest BCUT2D eigenvalue weighted by Crippen LogP contribution is 2.20. The number of rotatable bonds is 12. The maximum Gasteiger partial charge on any atom is 0.222 e. The molecular weight excluding hydrogens is 336 g/mol. The molecule has 1 aliphatic rings. The number of piperidine rings is 1. The Labute approximate surface area is 165 Å². The zero-order valence-corrected chi connectivity index (χ0v) is 17.6. The van der Waals surface area contributed by atoms with E-state index in [0.29, 0.717) is 11.8 Å². The Morgan fingerprint density at radius 1 is 1.11 bits per heavy atom. The molecule has 1 unspecified atom stereocenters. The highest BCUT2D eigenvalue weighted by Gasteiger charge is 2.17. The van der Waals surface area contributed by atoms with Crippen molar-refractivity contribution in [3.63, 3.8) is 0 Å². The van der Waals surface area contributed by atoms with Crippen LogP contribution in [0.5, 0.6) is 5.75 Å². The van der Waals surface area contributed by atoms with E-state index in [1.165, 1.54) is 37.8 Å². The molecule has 1 heterocycles. The lowest BCUT2D eigenvalue weighted by Gasteiger charge is -2.27. The zero-order valence-electron chi connectivity index (χ0n) is 17.6. The molecule has 0 N–H and O–H groups in total. The van der Waals surface area contributed by atoms with E-state index in [-0.39, 0.29) is 0 Å². The van der Waals surface area contributed by atoms with Gasteiger partial charge in [0.05, 0.1) is 7.11 Å². The van der Waals surface area contributed by atoms with Gasteiger partial charge >= 0.3 is 0 Å². The molecule has 1 fully saturated rings. The first kappa shape index (κ1) is 21.7. The van der Waals surface area contributed by atoms with Gasteiger partial charge in [-0.25, -0.2) is 0 Å². The number of hydrogen-bond acceptors (Lipinski definition) is 3. The lowest BCUT2D eigenvalue weighted by Crippen LogP contribution is -2.35. The number of nitrogens with zero attached hydrogens (tertiary/aromatic N) is 2. The van der Waals surface area contributed by atoms with Crippen molar-refractivity contribution in [3.05, 3.63) is 29.8 Å². The van der Waals surface area contributed by atoms with E-state index >= 15 is 0 Å². The molecule has 1 saturated heterocycles. The van der Waals surface area contributed by atoms with E-state index in [1.54, 1.807) is 7.11 Å². The molecule has 1 atom stereocenters. The quantitative estimate of drug-likeness (QED) is 0.497. The van der Waals surface area contributed by atoms with Crippen molar-refractivity contribution in [1.82, 2.24) is 9.80 Å². The number of likely N-dealkylation sites (tertiary alicyclic amines) is 1. The van der Waals surface area contributed by atoms with Crippen molar-refractivity contribution in [2.24, 2.45) is 0 Å². The summed E-state index contributed by atoms with van der Waals surface area (Å²) in [5, 5.41) is 0. The third-order valence-electron chi connectivity index (χ3n) is 5.74. The lowest BCUT2D eigenvalue weighted by molar-refractivity contribution is -0.133. The Kier molecular flexibility index (Phi) is 9.68. The molecule has 0 aliphatic carbocycles. The third kappa shape index (κ3) is 7.53. The minimum atomic E-state index is 0.367. The number of ether oxygens (including phenoxy) is 1. The summed E-state index contributed by atoms with van der Waals surface area (Å²) in [4.78, 5) is 16.4. The highest BCUT2D eigenvalue weighted by molar-refractivity contribution is 5.76. The van der Waals surface area contributed by atoms with E-state index in [9.17, 15) is 4.79 Å². The van der Waals surface area contributed by atoms with Crippen LogP contribution >= 0.6 is 0 Å². The molecule has 0 aromatic heterocycles. The average molecular weight is 375 g/mol. The fraction of sp³-hybridized carbons (Fsp3) is 0.696. The van der Waals surface area contributed by atoms with Crippen LogP contribution in [0.25, 0.3) is 0 Å². The van der Waals surface area contributed by atoms with Crippen molar-refractivity contribution in [3.8, 4) is 5.75 Å². The largest absolute Gasteiger partial charge is 0.497 e. The SMILES string of the molecule is CCN(CCCCCCN1CCCCC1=O)CC(C)c1ccc(OC)cc1. The predicted molar refractivity (Wildman–Crippen MR) is 112 cm³/mol. The molecule has 2 rings (SSSR count). The van der Waals surface area contributed by atoms with Crippen LogP contribution in [-0.2, 0) is 4.79 Å². The van der Waals surface area contributed by atoms with Crippen LogP contribution in [0, 0.1) is 0 Å². The first-order valence-electron chi connectivity index (χ1n) is 10.8. The molecule has 4 heteroatoms. The van der Waals surface area contributed by atoms with E-state index in [0.717, 1.165) is 51.2 Å². The molecule has 1 aromatic rings. The van der Waals surface area contributed by atoms with Crippen LogP contribution in [0.2, 0.25) is 0 Å². The van der Waals surface area contributed by atoms with Crippen molar-refractivity contribution in [1.29, 1.82) is 0 Å². The first-order chi connectivity index (χ1) is 13.1. The summed E-state index contributed by atoms with van der Waals surface area (Å²) in [6, 6.07) is 8.46. The van der Waals surface area contributed by atoms with E-state index in [4.69, 9.17) is 4.74 Å². The van der Waals surface area contributed by atoms with Crippen LogP contribution in [0.15, 0.2) is 24.3 Å². The van der Waals surface area contributed by atoms with Gasteiger partial charge in [-0.05, 0) is 62.4 Å². The monoisotopic (exact) mass is 374 g/mol. The van der Waals surface area contributed by atoms with Crippen LogP contribution in [0.4, 0.5) is 0 Å². The molecule has 0 bridgehead atoms. The summed E-state index contributed by atoms with van der Waals surface area (Å²) in [5.41, 5.74) is 1.38. The van der Waals surface area contributed by atoms with Gasteiger partial charge in [-0.3, -0.25) is 4.79 Å². The normalized spacial score (nSPS) is 16.0. The smallest absolute Gasteiger partial charge is 0.222 e. The molecule has 1 aromatic carbocycles. The van der Waals surface area contributed by atoms with Crippen LogP contribution in [-0.4, -0.2) is 55.5 Å². The molecular formula is C23H38N2O2. The highest BCUT2D eigenvalue weighted by atomic mass is 16.5. The van der Waals surface area contributed by atoms with Gasteiger partial charge in [0.1, 0.15) is 5.75 Å². The molecule has 0 spiro atoms. The van der Waals surface area contributed by atoms with Gasteiger partial charge in [-0.2, -0.15) is 0 Å². The molecule has 4 nitrogen and oxygen atoms in total. The van der Waals surface area contributed by atoms with Gasteiger partial charge < -0.3 is 14.5 Å². The molecule has 1 aliphatic heterocycles. The number of carbonyl (C=O) groups excluding carboxylic acids is 1. The summed E-state index contributed by atoms with van der Waals surface area (Å²) in [6.07, 6.45) is 7.92. The van der Waals surface area contributed by atoms with Crippen LogP contribution < -0.4 is 4.74 Å². The number of carbonyl (C=O) groups is 1. The second kappa shape index (κ2) is 12.0. The fourth-order valence-corrected chi connectivity index (χ4v) is 3.89. The first-order valence-corrected chi connectivity index (χ1v) is 10.8. The number of hydrogen-bond donors (Lipinski definition) is 0.